The second kappa shape index (κ2) is 3.12. The summed E-state index contributed by atoms with van der Waals surface area (Å²) in [6.45, 7) is 1.24. The molecule has 0 aromatic carbocycles. The Hall–Kier alpha value is -1.46. The first-order valence-electron chi connectivity index (χ1n) is 3.72. The fraction of sp³-hybridized carbons (Fsp3) is 0.714. The molecule has 6 nitrogen and oxygen atoms in total. The fourth-order valence-corrected chi connectivity index (χ4v) is 1.47. The van der Waals surface area contributed by atoms with E-state index in [0.29, 0.717) is 0 Å². The minimum absolute atomic E-state index is 0.336. The van der Waals surface area contributed by atoms with Gasteiger partial charge in [0.25, 0.3) is 0 Å². The normalized spacial score (nSPS) is 30.8. The van der Waals surface area contributed by atoms with Crippen molar-refractivity contribution in [3.05, 3.63) is 10.1 Å². The molecule has 0 amide bonds. The van der Waals surface area contributed by atoms with Gasteiger partial charge < -0.3 is 4.74 Å². The lowest BCUT2D eigenvalue weighted by molar-refractivity contribution is -0.499. The van der Waals surface area contributed by atoms with Crippen molar-refractivity contribution in [1.29, 1.82) is 0 Å². The van der Waals surface area contributed by atoms with Crippen molar-refractivity contribution in [2.75, 3.05) is 7.11 Å². The second-order valence-electron chi connectivity index (χ2n) is 2.96. The average Bonchev–Trinajstić information content (AvgIpc) is 2.77. The molecule has 0 radical (unpaired) electrons. The number of esters is 1. The van der Waals surface area contributed by atoms with Crippen LogP contribution in [0.15, 0.2) is 0 Å². The summed E-state index contributed by atoms with van der Waals surface area (Å²) in [6.07, 6.45) is 0. The van der Waals surface area contributed by atoms with Crippen LogP contribution in [0.3, 0.4) is 0 Å². The highest BCUT2D eigenvalue weighted by atomic mass is 16.6. The number of carbonyl (C=O) groups excluding carboxylic acids is 2. The van der Waals surface area contributed by atoms with Crippen LogP contribution in [-0.4, -0.2) is 29.8 Å². The van der Waals surface area contributed by atoms with Crippen molar-refractivity contribution in [3.63, 3.8) is 0 Å². The van der Waals surface area contributed by atoms with Gasteiger partial charge in [-0.2, -0.15) is 0 Å². The second-order valence-corrected chi connectivity index (χ2v) is 2.96. The van der Waals surface area contributed by atoms with Crippen LogP contribution < -0.4 is 0 Å². The summed E-state index contributed by atoms with van der Waals surface area (Å²) in [5, 5.41) is 10.4. The van der Waals surface area contributed by atoms with Crippen LogP contribution in [0.4, 0.5) is 0 Å². The average molecular weight is 187 g/mol. The molecule has 0 bridgehead atoms. The first-order chi connectivity index (χ1) is 6.00. The molecular weight excluding hydrogens is 178 g/mol. The molecule has 0 saturated heterocycles. The van der Waals surface area contributed by atoms with E-state index in [9.17, 15) is 19.7 Å². The molecule has 1 rings (SSSR count). The lowest BCUT2D eigenvalue weighted by Gasteiger charge is -1.91. The number of nitro groups is 1. The van der Waals surface area contributed by atoms with Gasteiger partial charge in [-0.15, -0.1) is 0 Å². The maximum atomic E-state index is 10.9. The summed E-state index contributed by atoms with van der Waals surface area (Å²) in [7, 11) is 1.15. The Labute approximate surface area is 74.0 Å². The van der Waals surface area contributed by atoms with E-state index >= 15 is 0 Å². The van der Waals surface area contributed by atoms with Gasteiger partial charge in [-0.05, 0) is 6.92 Å². The van der Waals surface area contributed by atoms with Crippen LogP contribution >= 0.6 is 0 Å². The van der Waals surface area contributed by atoms with Crippen LogP contribution in [0.1, 0.15) is 6.92 Å². The van der Waals surface area contributed by atoms with E-state index < -0.39 is 28.8 Å². The largest absolute Gasteiger partial charge is 0.469 e. The SMILES string of the molecule is COC(=O)[C@@H]1[C@@H](C(C)=O)[C@H]1[N+](=O)[O-]. The molecule has 1 aliphatic carbocycles. The predicted octanol–water partition coefficient (Wildman–Crippen LogP) is -0.360. The van der Waals surface area contributed by atoms with Gasteiger partial charge in [0.2, 0.25) is 6.04 Å². The van der Waals surface area contributed by atoms with E-state index in [4.69, 9.17) is 0 Å². The molecule has 0 aromatic rings. The highest BCUT2D eigenvalue weighted by Crippen LogP contribution is 2.42. The van der Waals surface area contributed by atoms with Crippen LogP contribution in [-0.2, 0) is 14.3 Å². The number of ketones is 1. The Kier molecular flexibility index (Phi) is 2.31. The third-order valence-corrected chi connectivity index (χ3v) is 2.17. The highest BCUT2D eigenvalue weighted by molar-refractivity contribution is 5.91. The Balaban J connectivity index is 2.73. The molecule has 0 aliphatic heterocycles. The van der Waals surface area contributed by atoms with Crippen LogP contribution in [0.2, 0.25) is 0 Å². The molecule has 1 saturated carbocycles. The molecule has 3 atom stereocenters. The minimum Gasteiger partial charge on any atom is -0.469 e. The van der Waals surface area contributed by atoms with Crippen molar-refractivity contribution < 1.29 is 19.2 Å². The zero-order chi connectivity index (χ0) is 10.2. The minimum atomic E-state index is -1.08. The van der Waals surface area contributed by atoms with E-state index in [1.54, 1.807) is 0 Å². The monoisotopic (exact) mass is 187 g/mol. The molecule has 0 aromatic heterocycles. The summed E-state index contributed by atoms with van der Waals surface area (Å²) < 4.78 is 4.34. The van der Waals surface area contributed by atoms with Crippen molar-refractivity contribution in [3.8, 4) is 0 Å². The number of Topliss-reactive ketones (excluding diaryl/α,β-unsaturated/α-hetero) is 1. The number of nitrogens with zero attached hydrogens (tertiary/aromatic N) is 1. The van der Waals surface area contributed by atoms with Crippen molar-refractivity contribution in [1.82, 2.24) is 0 Å². The van der Waals surface area contributed by atoms with Gasteiger partial charge in [0, 0.05) is 4.92 Å². The van der Waals surface area contributed by atoms with Gasteiger partial charge in [-0.25, -0.2) is 0 Å². The van der Waals surface area contributed by atoms with E-state index in [-0.39, 0.29) is 5.78 Å². The van der Waals surface area contributed by atoms with E-state index in [1.807, 2.05) is 0 Å². The van der Waals surface area contributed by atoms with Gasteiger partial charge in [0.15, 0.2) is 0 Å². The van der Waals surface area contributed by atoms with Crippen LogP contribution in [0, 0.1) is 22.0 Å². The molecule has 13 heavy (non-hydrogen) atoms. The van der Waals surface area contributed by atoms with Gasteiger partial charge in [-0.3, -0.25) is 19.7 Å². The molecule has 0 unspecified atom stereocenters. The van der Waals surface area contributed by atoms with Gasteiger partial charge in [0.1, 0.15) is 17.6 Å². The Morgan fingerprint density at radius 1 is 1.38 bits per heavy atom. The molecule has 0 spiro atoms. The van der Waals surface area contributed by atoms with Crippen LogP contribution in [0.5, 0.6) is 0 Å². The van der Waals surface area contributed by atoms with Crippen molar-refractivity contribution in [2.24, 2.45) is 11.8 Å². The quantitative estimate of drug-likeness (QED) is 0.342. The van der Waals surface area contributed by atoms with Crippen LogP contribution in [0.25, 0.3) is 0 Å². The first kappa shape index (κ1) is 9.63. The number of rotatable bonds is 3. The van der Waals surface area contributed by atoms with Gasteiger partial charge in [0.05, 0.1) is 7.11 Å². The summed E-state index contributed by atoms with van der Waals surface area (Å²) in [5.41, 5.74) is 0. The van der Waals surface area contributed by atoms with Crippen molar-refractivity contribution in [2.45, 2.75) is 13.0 Å². The number of carbonyl (C=O) groups is 2. The zero-order valence-corrected chi connectivity index (χ0v) is 7.22. The fourth-order valence-electron chi connectivity index (χ4n) is 1.47. The standard InChI is InChI=1S/C7H9NO5/c1-3(9)4-5(7(10)13-2)6(4)8(11)12/h4-6H,1-2H3/t4-,5-,6-/m1/s1. The van der Waals surface area contributed by atoms with Crippen molar-refractivity contribution >= 4 is 11.8 Å². The number of hydrogen-bond donors (Lipinski definition) is 0. The third-order valence-electron chi connectivity index (χ3n) is 2.17. The summed E-state index contributed by atoms with van der Waals surface area (Å²) in [4.78, 5) is 31.5. The molecule has 6 heteroatoms. The lowest BCUT2D eigenvalue weighted by Crippen LogP contribution is -2.11. The lowest BCUT2D eigenvalue weighted by atomic mass is 10.2. The summed E-state index contributed by atoms with van der Waals surface area (Å²) in [5.74, 6) is -2.68. The Morgan fingerprint density at radius 2 is 1.92 bits per heavy atom. The molecule has 1 aliphatic rings. The maximum absolute atomic E-state index is 10.9. The molecule has 1 fully saturated rings. The summed E-state index contributed by atoms with van der Waals surface area (Å²) >= 11 is 0. The van der Waals surface area contributed by atoms with Gasteiger partial charge in [-0.1, -0.05) is 0 Å². The molecule has 72 valence electrons. The molecular formula is C7H9NO5. The number of methoxy groups -OCH3 is 1. The van der Waals surface area contributed by atoms with Gasteiger partial charge >= 0.3 is 5.97 Å². The Bertz CT molecular complexity index is 254. The predicted molar refractivity (Wildman–Crippen MR) is 40.5 cm³/mol. The van der Waals surface area contributed by atoms with E-state index in [2.05, 4.69) is 4.74 Å². The smallest absolute Gasteiger partial charge is 0.316 e. The maximum Gasteiger partial charge on any atom is 0.316 e. The summed E-state index contributed by atoms with van der Waals surface area (Å²) in [6, 6.07) is -1.08. The molecule has 0 N–H and O–H groups in total. The highest BCUT2D eigenvalue weighted by Gasteiger charge is 2.67. The number of ether oxygens (including phenoxy) is 1. The van der Waals surface area contributed by atoms with E-state index in [0.717, 1.165) is 7.11 Å². The molecule has 0 heterocycles. The third kappa shape index (κ3) is 1.51. The zero-order valence-electron chi connectivity index (χ0n) is 7.22. The van der Waals surface area contributed by atoms with E-state index in [1.165, 1.54) is 6.92 Å². The number of hydrogen-bond acceptors (Lipinski definition) is 5. The Morgan fingerprint density at radius 3 is 2.15 bits per heavy atom. The first-order valence-corrected chi connectivity index (χ1v) is 3.72. The topological polar surface area (TPSA) is 86.5 Å².